The van der Waals surface area contributed by atoms with Crippen LogP contribution in [-0.2, 0) is 9.53 Å². The van der Waals surface area contributed by atoms with Crippen LogP contribution in [0.1, 0.15) is 51.9 Å². The van der Waals surface area contributed by atoms with Crippen molar-refractivity contribution in [1.82, 2.24) is 4.90 Å². The van der Waals surface area contributed by atoms with Gasteiger partial charge in [-0.2, -0.15) is 5.26 Å². The molecule has 0 aromatic rings. The van der Waals surface area contributed by atoms with Crippen LogP contribution in [0.4, 0.5) is 0 Å². The van der Waals surface area contributed by atoms with E-state index in [1.807, 2.05) is 6.07 Å². The standard InChI is InChI=1S/C14H26N2O2/c1-3-4-5-6-7-12-18-13-9-14(17)16(2)11-8-10-15/h3-9,11-13H2,1-2H3. The summed E-state index contributed by atoms with van der Waals surface area (Å²) < 4.78 is 5.43. The summed E-state index contributed by atoms with van der Waals surface area (Å²) in [6.07, 6.45) is 6.92. The van der Waals surface area contributed by atoms with Gasteiger partial charge in [-0.3, -0.25) is 4.79 Å². The van der Waals surface area contributed by atoms with Crippen molar-refractivity contribution in [3.63, 3.8) is 0 Å². The third-order valence-corrected chi connectivity index (χ3v) is 2.84. The maximum Gasteiger partial charge on any atom is 0.224 e. The van der Waals surface area contributed by atoms with E-state index in [-0.39, 0.29) is 5.91 Å². The van der Waals surface area contributed by atoms with E-state index in [1.54, 1.807) is 11.9 Å². The topological polar surface area (TPSA) is 53.3 Å². The van der Waals surface area contributed by atoms with E-state index in [4.69, 9.17) is 10.00 Å². The highest BCUT2D eigenvalue weighted by atomic mass is 16.5. The Morgan fingerprint density at radius 1 is 1.22 bits per heavy atom. The van der Waals surface area contributed by atoms with Crippen molar-refractivity contribution < 1.29 is 9.53 Å². The van der Waals surface area contributed by atoms with E-state index < -0.39 is 0 Å². The van der Waals surface area contributed by atoms with Crippen molar-refractivity contribution in [3.8, 4) is 6.07 Å². The molecule has 0 aliphatic carbocycles. The summed E-state index contributed by atoms with van der Waals surface area (Å²) in [5, 5.41) is 8.42. The molecule has 0 aromatic carbocycles. The lowest BCUT2D eigenvalue weighted by molar-refractivity contribution is -0.130. The lowest BCUT2D eigenvalue weighted by atomic mass is 10.2. The number of nitriles is 1. The number of hydrogen-bond donors (Lipinski definition) is 0. The largest absolute Gasteiger partial charge is 0.381 e. The Kier molecular flexibility index (Phi) is 11.6. The van der Waals surface area contributed by atoms with Gasteiger partial charge in [0, 0.05) is 20.2 Å². The number of carbonyl (C=O) groups excluding carboxylic acids is 1. The summed E-state index contributed by atoms with van der Waals surface area (Å²) in [6.45, 7) is 3.94. The lowest BCUT2D eigenvalue weighted by Crippen LogP contribution is -2.28. The number of hydrogen-bond acceptors (Lipinski definition) is 3. The second-order valence-electron chi connectivity index (χ2n) is 4.50. The van der Waals surface area contributed by atoms with E-state index >= 15 is 0 Å². The average molecular weight is 254 g/mol. The van der Waals surface area contributed by atoms with Gasteiger partial charge >= 0.3 is 0 Å². The van der Waals surface area contributed by atoms with Crippen molar-refractivity contribution in [2.75, 3.05) is 26.8 Å². The smallest absolute Gasteiger partial charge is 0.224 e. The Balaban J connectivity index is 3.32. The molecule has 0 aromatic heterocycles. The molecular weight excluding hydrogens is 228 g/mol. The third-order valence-electron chi connectivity index (χ3n) is 2.84. The van der Waals surface area contributed by atoms with Gasteiger partial charge in [0.05, 0.1) is 25.5 Å². The van der Waals surface area contributed by atoms with Gasteiger partial charge in [0.1, 0.15) is 0 Å². The second kappa shape index (κ2) is 12.4. The number of ether oxygens (including phenoxy) is 1. The molecule has 1 amide bonds. The zero-order valence-electron chi connectivity index (χ0n) is 11.8. The third kappa shape index (κ3) is 10.1. The molecule has 0 rings (SSSR count). The Labute approximate surface area is 111 Å². The molecule has 0 fully saturated rings. The molecule has 0 radical (unpaired) electrons. The first-order valence-corrected chi connectivity index (χ1v) is 6.91. The average Bonchev–Trinajstić information content (AvgIpc) is 2.38. The van der Waals surface area contributed by atoms with Gasteiger partial charge in [0.2, 0.25) is 5.91 Å². The Morgan fingerprint density at radius 2 is 1.94 bits per heavy atom. The summed E-state index contributed by atoms with van der Waals surface area (Å²) >= 11 is 0. The van der Waals surface area contributed by atoms with Crippen LogP contribution in [0.15, 0.2) is 0 Å². The van der Waals surface area contributed by atoms with Crippen molar-refractivity contribution in [2.45, 2.75) is 51.9 Å². The van der Waals surface area contributed by atoms with Gasteiger partial charge in [-0.05, 0) is 6.42 Å². The predicted octanol–water partition coefficient (Wildman–Crippen LogP) is 2.74. The number of unbranched alkanes of at least 4 members (excludes halogenated alkanes) is 4. The van der Waals surface area contributed by atoms with Gasteiger partial charge in [-0.1, -0.05) is 32.6 Å². The van der Waals surface area contributed by atoms with E-state index in [1.165, 1.54) is 25.7 Å². The maximum atomic E-state index is 11.6. The summed E-state index contributed by atoms with van der Waals surface area (Å²) in [7, 11) is 1.73. The summed E-state index contributed by atoms with van der Waals surface area (Å²) in [4.78, 5) is 13.2. The van der Waals surface area contributed by atoms with E-state index in [2.05, 4.69) is 6.92 Å². The number of rotatable bonds is 11. The first kappa shape index (κ1) is 16.9. The van der Waals surface area contributed by atoms with Crippen LogP contribution in [0.5, 0.6) is 0 Å². The molecule has 0 bridgehead atoms. The lowest BCUT2D eigenvalue weighted by Gasteiger charge is -2.15. The molecular formula is C14H26N2O2. The molecule has 0 aliphatic heterocycles. The normalized spacial score (nSPS) is 10.1. The quantitative estimate of drug-likeness (QED) is 0.533. The molecule has 104 valence electrons. The van der Waals surface area contributed by atoms with Crippen molar-refractivity contribution in [3.05, 3.63) is 0 Å². The molecule has 0 saturated carbocycles. The molecule has 18 heavy (non-hydrogen) atoms. The van der Waals surface area contributed by atoms with Crippen LogP contribution < -0.4 is 0 Å². The number of nitrogens with zero attached hydrogens (tertiary/aromatic N) is 2. The van der Waals surface area contributed by atoms with Crippen molar-refractivity contribution >= 4 is 5.91 Å². The van der Waals surface area contributed by atoms with Gasteiger partial charge < -0.3 is 9.64 Å². The zero-order valence-corrected chi connectivity index (χ0v) is 11.8. The van der Waals surface area contributed by atoms with E-state index in [0.717, 1.165) is 13.0 Å². The van der Waals surface area contributed by atoms with E-state index in [9.17, 15) is 4.79 Å². The number of amides is 1. The minimum Gasteiger partial charge on any atom is -0.381 e. The van der Waals surface area contributed by atoms with Crippen molar-refractivity contribution in [2.24, 2.45) is 0 Å². The van der Waals surface area contributed by atoms with Crippen molar-refractivity contribution in [1.29, 1.82) is 5.26 Å². The Hall–Kier alpha value is -1.08. The van der Waals surface area contributed by atoms with Crippen LogP contribution >= 0.6 is 0 Å². The van der Waals surface area contributed by atoms with Gasteiger partial charge in [0.15, 0.2) is 0 Å². The van der Waals surface area contributed by atoms with Gasteiger partial charge in [-0.25, -0.2) is 0 Å². The van der Waals surface area contributed by atoms with Crippen LogP contribution in [0, 0.1) is 11.3 Å². The van der Waals surface area contributed by atoms with Crippen LogP contribution in [0.2, 0.25) is 0 Å². The molecule has 0 saturated heterocycles. The zero-order chi connectivity index (χ0) is 13.6. The minimum absolute atomic E-state index is 0.0521. The van der Waals surface area contributed by atoms with Crippen LogP contribution in [0.25, 0.3) is 0 Å². The van der Waals surface area contributed by atoms with Gasteiger partial charge in [0.25, 0.3) is 0 Å². The molecule has 4 heteroatoms. The fraction of sp³-hybridized carbons (Fsp3) is 0.857. The predicted molar refractivity (Wildman–Crippen MR) is 72.1 cm³/mol. The summed E-state index contributed by atoms with van der Waals surface area (Å²) in [5.41, 5.74) is 0. The molecule has 0 atom stereocenters. The Morgan fingerprint density at radius 3 is 2.61 bits per heavy atom. The van der Waals surface area contributed by atoms with Gasteiger partial charge in [-0.15, -0.1) is 0 Å². The molecule has 0 unspecified atom stereocenters. The minimum atomic E-state index is 0.0521. The summed E-state index contributed by atoms with van der Waals surface area (Å²) in [6, 6.07) is 2.03. The maximum absolute atomic E-state index is 11.6. The first-order chi connectivity index (χ1) is 8.72. The Bertz CT molecular complexity index is 249. The van der Waals surface area contributed by atoms with Crippen LogP contribution in [-0.4, -0.2) is 37.6 Å². The highest BCUT2D eigenvalue weighted by Crippen LogP contribution is 2.02. The van der Waals surface area contributed by atoms with Crippen LogP contribution in [0.3, 0.4) is 0 Å². The number of carbonyl (C=O) groups is 1. The molecule has 0 spiro atoms. The first-order valence-electron chi connectivity index (χ1n) is 6.91. The monoisotopic (exact) mass is 254 g/mol. The fourth-order valence-corrected chi connectivity index (χ4v) is 1.60. The fourth-order valence-electron chi connectivity index (χ4n) is 1.60. The van der Waals surface area contributed by atoms with E-state index in [0.29, 0.717) is 26.0 Å². The highest BCUT2D eigenvalue weighted by molar-refractivity contribution is 5.75. The molecule has 0 N–H and O–H groups in total. The molecule has 4 nitrogen and oxygen atoms in total. The SMILES string of the molecule is CCCCCCCOCCC(=O)N(C)CCC#N. The highest BCUT2D eigenvalue weighted by Gasteiger charge is 2.07. The molecule has 0 aliphatic rings. The summed E-state index contributed by atoms with van der Waals surface area (Å²) in [5.74, 6) is 0.0521. The molecule has 0 heterocycles. The second-order valence-corrected chi connectivity index (χ2v) is 4.50.